The number of nitro groups is 1. The molecule has 0 aliphatic carbocycles. The maximum absolute atomic E-state index is 12.5. The molecule has 1 aromatic carbocycles. The van der Waals surface area contributed by atoms with Gasteiger partial charge in [-0.1, -0.05) is 0 Å². The van der Waals surface area contributed by atoms with E-state index in [-0.39, 0.29) is 28.2 Å². The van der Waals surface area contributed by atoms with Crippen LogP contribution in [0.1, 0.15) is 32.4 Å². The summed E-state index contributed by atoms with van der Waals surface area (Å²) < 4.78 is 5.58. The lowest BCUT2D eigenvalue weighted by Crippen LogP contribution is -2.28. The van der Waals surface area contributed by atoms with E-state index >= 15 is 0 Å². The van der Waals surface area contributed by atoms with Crippen molar-refractivity contribution in [3.63, 3.8) is 0 Å². The van der Waals surface area contributed by atoms with Gasteiger partial charge in [0.05, 0.1) is 4.92 Å². The summed E-state index contributed by atoms with van der Waals surface area (Å²) in [6.07, 6.45) is 4.75. The summed E-state index contributed by atoms with van der Waals surface area (Å²) in [5, 5.41) is 27.3. The number of ether oxygens (including phenoxy) is 1. The molecule has 174 valence electrons. The summed E-state index contributed by atoms with van der Waals surface area (Å²) >= 11 is 0. The number of carbonyl (C=O) groups is 2. The summed E-state index contributed by atoms with van der Waals surface area (Å²) in [5.74, 6) is -1.53. The molecule has 13 heteroatoms. The van der Waals surface area contributed by atoms with Crippen molar-refractivity contribution in [2.45, 2.75) is 6.10 Å². The number of aromatic nitrogens is 2. The summed E-state index contributed by atoms with van der Waals surface area (Å²) in [4.78, 5) is 43.0. The standard InChI is InChI=1S/C22H16N8O5/c23-20-18(27-29-22(32)15-7-11-25-12-8-15)17(26-28-21(31)14-5-9-24-10-6-14)19(35-20)13-1-3-16(4-2-13)30(33)34/h1-12,19,23H,(H,28,31)(H,29,32)/b23-20?,26-17+,27-18+/t19-/m0/s1. The maximum Gasteiger partial charge on any atom is 0.271 e. The van der Waals surface area contributed by atoms with Gasteiger partial charge in [0.25, 0.3) is 17.5 Å². The van der Waals surface area contributed by atoms with Crippen LogP contribution in [0.25, 0.3) is 0 Å². The van der Waals surface area contributed by atoms with Crippen LogP contribution < -0.4 is 10.9 Å². The largest absolute Gasteiger partial charge is 0.461 e. The Morgan fingerprint density at radius 3 is 1.91 bits per heavy atom. The first-order chi connectivity index (χ1) is 16.9. The third-order valence-electron chi connectivity index (χ3n) is 4.78. The zero-order valence-electron chi connectivity index (χ0n) is 17.8. The number of nitrogens with zero attached hydrogens (tertiary/aromatic N) is 5. The number of rotatable bonds is 6. The number of amides is 2. The lowest BCUT2D eigenvalue weighted by Gasteiger charge is -2.10. The molecule has 3 N–H and O–H groups in total. The Kier molecular flexibility index (Phi) is 6.58. The fourth-order valence-electron chi connectivity index (χ4n) is 3.04. The summed E-state index contributed by atoms with van der Waals surface area (Å²) in [6.45, 7) is 0. The van der Waals surface area contributed by atoms with Crippen molar-refractivity contribution in [1.29, 1.82) is 5.41 Å². The molecule has 0 bridgehead atoms. The molecule has 2 amide bonds. The van der Waals surface area contributed by atoms with E-state index < -0.39 is 28.7 Å². The summed E-state index contributed by atoms with van der Waals surface area (Å²) in [6, 6.07) is 11.4. The predicted molar refractivity (Wildman–Crippen MR) is 123 cm³/mol. The van der Waals surface area contributed by atoms with Gasteiger partial charge in [0, 0.05) is 48.0 Å². The van der Waals surface area contributed by atoms with Crippen molar-refractivity contribution in [3.8, 4) is 0 Å². The van der Waals surface area contributed by atoms with Gasteiger partial charge in [0.1, 0.15) is 5.71 Å². The van der Waals surface area contributed by atoms with Gasteiger partial charge in [-0.3, -0.25) is 35.1 Å². The Morgan fingerprint density at radius 1 is 0.886 bits per heavy atom. The number of non-ortho nitro benzene ring substituents is 1. The number of benzene rings is 1. The topological polar surface area (TPSA) is 185 Å². The average Bonchev–Trinajstić information content (AvgIpc) is 3.21. The van der Waals surface area contributed by atoms with Crippen LogP contribution in [0.4, 0.5) is 5.69 Å². The van der Waals surface area contributed by atoms with Gasteiger partial charge in [-0.25, -0.2) is 10.9 Å². The van der Waals surface area contributed by atoms with E-state index in [9.17, 15) is 19.7 Å². The molecule has 0 spiro atoms. The molecule has 0 saturated carbocycles. The molecule has 1 aliphatic rings. The quantitative estimate of drug-likeness (QED) is 0.362. The fourth-order valence-corrected chi connectivity index (χ4v) is 3.04. The number of carbonyl (C=O) groups excluding carboxylic acids is 2. The minimum atomic E-state index is -1.02. The normalized spacial score (nSPS) is 17.1. The van der Waals surface area contributed by atoms with Crippen molar-refractivity contribution in [1.82, 2.24) is 20.8 Å². The van der Waals surface area contributed by atoms with Crippen LogP contribution in [0, 0.1) is 15.5 Å². The molecule has 1 atom stereocenters. The van der Waals surface area contributed by atoms with Crippen LogP contribution >= 0.6 is 0 Å². The Labute approximate surface area is 197 Å². The minimum Gasteiger partial charge on any atom is -0.461 e. The van der Waals surface area contributed by atoms with Crippen LogP contribution in [-0.2, 0) is 4.74 Å². The van der Waals surface area contributed by atoms with Crippen molar-refractivity contribution in [3.05, 3.63) is 100 Å². The highest BCUT2D eigenvalue weighted by Gasteiger charge is 2.38. The molecule has 4 rings (SSSR count). The van der Waals surface area contributed by atoms with E-state index in [1.807, 2.05) is 0 Å². The summed E-state index contributed by atoms with van der Waals surface area (Å²) in [7, 11) is 0. The van der Waals surface area contributed by atoms with E-state index in [4.69, 9.17) is 10.1 Å². The van der Waals surface area contributed by atoms with Crippen LogP contribution in [0.2, 0.25) is 0 Å². The Morgan fingerprint density at radius 2 is 1.40 bits per heavy atom. The Balaban J connectivity index is 1.65. The lowest BCUT2D eigenvalue weighted by atomic mass is 10.0. The van der Waals surface area contributed by atoms with Crippen LogP contribution in [-0.4, -0.2) is 44.0 Å². The second-order valence-electron chi connectivity index (χ2n) is 6.99. The van der Waals surface area contributed by atoms with Gasteiger partial charge in [-0.15, -0.1) is 0 Å². The van der Waals surface area contributed by atoms with E-state index in [1.165, 1.54) is 73.3 Å². The average molecular weight is 472 g/mol. The number of hydrogen-bond acceptors (Lipinski definition) is 10. The molecular formula is C22H16N8O5. The van der Waals surface area contributed by atoms with Gasteiger partial charge in [0.15, 0.2) is 11.8 Å². The van der Waals surface area contributed by atoms with Gasteiger partial charge in [-0.2, -0.15) is 10.2 Å². The number of hydrogen-bond donors (Lipinski definition) is 3. The number of pyridine rings is 2. The Hall–Kier alpha value is -5.33. The molecule has 0 radical (unpaired) electrons. The molecule has 3 aromatic rings. The number of nitrogens with one attached hydrogen (secondary N) is 3. The third kappa shape index (κ3) is 5.19. The van der Waals surface area contributed by atoms with Crippen molar-refractivity contribution < 1.29 is 19.2 Å². The molecule has 2 aromatic heterocycles. The second-order valence-corrected chi connectivity index (χ2v) is 6.99. The maximum atomic E-state index is 12.5. The minimum absolute atomic E-state index is 0.0151. The molecule has 3 heterocycles. The summed E-state index contributed by atoms with van der Waals surface area (Å²) in [5.41, 5.74) is 5.44. The lowest BCUT2D eigenvalue weighted by molar-refractivity contribution is -0.384. The predicted octanol–water partition coefficient (Wildman–Crippen LogP) is 2.01. The van der Waals surface area contributed by atoms with Gasteiger partial charge in [0.2, 0.25) is 5.90 Å². The molecule has 13 nitrogen and oxygen atoms in total. The highest BCUT2D eigenvalue weighted by molar-refractivity contribution is 6.69. The smallest absolute Gasteiger partial charge is 0.271 e. The second kappa shape index (κ2) is 10.1. The van der Waals surface area contributed by atoms with Crippen LogP contribution in [0.5, 0.6) is 0 Å². The molecule has 35 heavy (non-hydrogen) atoms. The number of hydrazone groups is 2. The fraction of sp³-hybridized carbons (Fsp3) is 0.0455. The van der Waals surface area contributed by atoms with Crippen LogP contribution in [0.3, 0.4) is 0 Å². The third-order valence-corrected chi connectivity index (χ3v) is 4.78. The van der Waals surface area contributed by atoms with Gasteiger partial charge in [-0.05, 0) is 42.0 Å². The SMILES string of the molecule is N=C1O[C@@H](c2ccc([N+](=O)[O-])cc2)C(=N/NC(=O)c2ccncc2)/C1=N\NC(=O)c1ccncc1. The monoisotopic (exact) mass is 472 g/mol. The van der Waals surface area contributed by atoms with E-state index in [2.05, 4.69) is 31.0 Å². The molecule has 0 unspecified atom stereocenters. The highest BCUT2D eigenvalue weighted by atomic mass is 16.6. The molecule has 1 fully saturated rings. The zero-order valence-corrected chi connectivity index (χ0v) is 17.8. The first-order valence-corrected chi connectivity index (χ1v) is 10.0. The number of nitro benzene ring substituents is 1. The zero-order chi connectivity index (χ0) is 24.8. The van der Waals surface area contributed by atoms with Gasteiger partial charge >= 0.3 is 0 Å². The first kappa shape index (κ1) is 22.8. The molecule has 1 aliphatic heterocycles. The van der Waals surface area contributed by atoms with Crippen molar-refractivity contribution >= 4 is 34.8 Å². The van der Waals surface area contributed by atoms with Crippen LogP contribution in [0.15, 0.2) is 83.5 Å². The Bertz CT molecular complexity index is 1340. The van der Waals surface area contributed by atoms with Crippen molar-refractivity contribution in [2.24, 2.45) is 10.2 Å². The molecular weight excluding hydrogens is 456 g/mol. The van der Waals surface area contributed by atoms with Gasteiger partial charge < -0.3 is 4.74 Å². The van der Waals surface area contributed by atoms with E-state index in [1.54, 1.807) is 0 Å². The molecule has 1 saturated heterocycles. The van der Waals surface area contributed by atoms with Crippen molar-refractivity contribution in [2.75, 3.05) is 0 Å². The first-order valence-electron chi connectivity index (χ1n) is 10.0. The highest BCUT2D eigenvalue weighted by Crippen LogP contribution is 2.28. The van der Waals surface area contributed by atoms with E-state index in [0.29, 0.717) is 5.56 Å². The van der Waals surface area contributed by atoms with E-state index in [0.717, 1.165) is 0 Å².